The molecule has 2 aliphatic rings. The first-order valence-electron chi connectivity index (χ1n) is 9.99. The monoisotopic (exact) mass is 572 g/mol. The fraction of sp³-hybridized carbons (Fsp3) is 0.200. The Morgan fingerprint density at radius 1 is 1.00 bits per heavy atom. The van der Waals surface area contributed by atoms with Gasteiger partial charge in [0.05, 0.1) is 11.9 Å². The second-order valence-corrected chi connectivity index (χ2v) is 11.1. The molecule has 0 spiro atoms. The van der Waals surface area contributed by atoms with Crippen LogP contribution in [0.1, 0.15) is 27.4 Å². The molecule has 4 atom stereocenters. The zero-order valence-electron chi connectivity index (χ0n) is 16.9. The Kier molecular flexibility index (Phi) is 5.36. The van der Waals surface area contributed by atoms with E-state index in [0.717, 1.165) is 25.0 Å². The number of rotatable bonds is 3. The van der Waals surface area contributed by atoms with Crippen molar-refractivity contribution in [2.75, 3.05) is 7.11 Å². The molecule has 1 saturated carbocycles. The van der Waals surface area contributed by atoms with Crippen molar-refractivity contribution in [2.24, 2.45) is 5.92 Å². The van der Waals surface area contributed by atoms with Gasteiger partial charge in [0.15, 0.2) is 11.4 Å². The van der Waals surface area contributed by atoms with E-state index >= 15 is 0 Å². The number of carbonyl (C=O) groups excluding carboxylic acids is 2. The summed E-state index contributed by atoms with van der Waals surface area (Å²) in [6, 6.07) is 22.5. The standard InChI is InChI=1S/C25H18Br2O4S/c1-31-23(29)21-20(14-5-3-2-4-6-14)25(15-7-9-16(26)10-8-15)24(21,30)22(28)18-12-11-17(27)13-19(18)32-25/h2-13,20-21,30H,1H3. The van der Waals surface area contributed by atoms with Crippen LogP contribution in [0.25, 0.3) is 0 Å². The highest BCUT2D eigenvalue weighted by atomic mass is 79.9. The van der Waals surface area contributed by atoms with Gasteiger partial charge >= 0.3 is 5.97 Å². The Bertz CT molecular complexity index is 1230. The normalized spacial score (nSPS) is 28.3. The average Bonchev–Trinajstić information content (AvgIpc) is 2.80. The lowest BCUT2D eigenvalue weighted by atomic mass is 9.46. The first-order chi connectivity index (χ1) is 15.3. The van der Waals surface area contributed by atoms with Crippen LogP contribution in [0, 0.1) is 5.92 Å². The van der Waals surface area contributed by atoms with Gasteiger partial charge < -0.3 is 9.84 Å². The summed E-state index contributed by atoms with van der Waals surface area (Å²) < 4.78 is 5.73. The van der Waals surface area contributed by atoms with Gasteiger partial charge in [-0.2, -0.15) is 0 Å². The van der Waals surface area contributed by atoms with E-state index in [1.165, 1.54) is 18.9 Å². The Labute approximate surface area is 206 Å². The molecule has 0 amide bonds. The maximum atomic E-state index is 13.9. The summed E-state index contributed by atoms with van der Waals surface area (Å²) in [6.07, 6.45) is 0. The summed E-state index contributed by atoms with van der Waals surface area (Å²) >= 11 is 8.41. The topological polar surface area (TPSA) is 63.6 Å². The number of carbonyl (C=O) groups is 2. The van der Waals surface area contributed by atoms with Crippen molar-refractivity contribution in [3.63, 3.8) is 0 Å². The van der Waals surface area contributed by atoms with E-state index in [1.807, 2.05) is 60.7 Å². The average molecular weight is 574 g/mol. The van der Waals surface area contributed by atoms with E-state index in [0.29, 0.717) is 5.56 Å². The fourth-order valence-electron chi connectivity index (χ4n) is 5.12. The van der Waals surface area contributed by atoms with Crippen molar-refractivity contribution >= 4 is 55.4 Å². The lowest BCUT2D eigenvalue weighted by molar-refractivity contribution is -0.176. The third-order valence-electron chi connectivity index (χ3n) is 6.48. The van der Waals surface area contributed by atoms with E-state index < -0.39 is 33.9 Å². The molecule has 1 aliphatic carbocycles. The van der Waals surface area contributed by atoms with E-state index in [-0.39, 0.29) is 0 Å². The van der Waals surface area contributed by atoms with Gasteiger partial charge in [-0.05, 0) is 41.5 Å². The number of hydrogen-bond acceptors (Lipinski definition) is 5. The Morgan fingerprint density at radius 3 is 2.31 bits per heavy atom. The molecule has 32 heavy (non-hydrogen) atoms. The molecule has 1 N–H and O–H groups in total. The third-order valence-corrected chi connectivity index (χ3v) is 9.18. The molecule has 1 fully saturated rings. The van der Waals surface area contributed by atoms with E-state index in [1.54, 1.807) is 12.1 Å². The van der Waals surface area contributed by atoms with Crippen molar-refractivity contribution in [1.29, 1.82) is 0 Å². The predicted octanol–water partition coefficient (Wildman–Crippen LogP) is 5.71. The van der Waals surface area contributed by atoms with Crippen LogP contribution in [0.5, 0.6) is 0 Å². The molecule has 3 aromatic rings. The quantitative estimate of drug-likeness (QED) is 0.406. The summed E-state index contributed by atoms with van der Waals surface area (Å²) in [5.74, 6) is -2.55. The van der Waals surface area contributed by atoms with Crippen LogP contribution in [0.2, 0.25) is 0 Å². The Balaban J connectivity index is 1.83. The number of thioether (sulfide) groups is 1. The van der Waals surface area contributed by atoms with Gasteiger partial charge in [-0.3, -0.25) is 9.59 Å². The van der Waals surface area contributed by atoms with E-state index in [2.05, 4.69) is 31.9 Å². The third kappa shape index (κ3) is 2.84. The summed E-state index contributed by atoms with van der Waals surface area (Å²) in [4.78, 5) is 27.7. The smallest absolute Gasteiger partial charge is 0.312 e. The van der Waals surface area contributed by atoms with Gasteiger partial charge in [0, 0.05) is 25.3 Å². The SMILES string of the molecule is COC(=O)C1C(c2ccccc2)C2(c3ccc(Br)cc3)Sc3cc(Br)ccc3C(=O)C12O. The molecule has 3 aromatic carbocycles. The number of benzene rings is 3. The molecule has 0 bridgehead atoms. The minimum Gasteiger partial charge on any atom is -0.469 e. The van der Waals surface area contributed by atoms with Gasteiger partial charge in [-0.1, -0.05) is 74.3 Å². The van der Waals surface area contributed by atoms with Crippen LogP contribution in [0.3, 0.4) is 0 Å². The zero-order valence-corrected chi connectivity index (χ0v) is 20.9. The first kappa shape index (κ1) is 21.9. The summed E-state index contributed by atoms with van der Waals surface area (Å²) in [5.41, 5.74) is 0.101. The van der Waals surface area contributed by atoms with Crippen molar-refractivity contribution in [2.45, 2.75) is 21.2 Å². The number of Topliss-reactive ketones (excluding diaryl/α,β-unsaturated/α-hetero) is 1. The largest absolute Gasteiger partial charge is 0.469 e. The molecule has 0 radical (unpaired) electrons. The minimum atomic E-state index is -1.96. The van der Waals surface area contributed by atoms with Crippen LogP contribution >= 0.6 is 43.6 Å². The molecule has 1 heterocycles. The number of methoxy groups -OCH3 is 1. The summed E-state index contributed by atoms with van der Waals surface area (Å²) in [6.45, 7) is 0. The highest BCUT2D eigenvalue weighted by molar-refractivity contribution is 9.10. The van der Waals surface area contributed by atoms with Crippen molar-refractivity contribution < 1.29 is 19.4 Å². The molecular weight excluding hydrogens is 556 g/mol. The van der Waals surface area contributed by atoms with Crippen LogP contribution < -0.4 is 0 Å². The van der Waals surface area contributed by atoms with Crippen LogP contribution in [-0.4, -0.2) is 29.6 Å². The molecule has 0 saturated heterocycles. The lowest BCUT2D eigenvalue weighted by Crippen LogP contribution is -2.77. The van der Waals surface area contributed by atoms with Gasteiger partial charge in [0.1, 0.15) is 5.92 Å². The van der Waals surface area contributed by atoms with Crippen molar-refractivity contribution in [1.82, 2.24) is 0 Å². The van der Waals surface area contributed by atoms with Gasteiger partial charge in [0.2, 0.25) is 0 Å². The van der Waals surface area contributed by atoms with Crippen LogP contribution in [-0.2, 0) is 14.3 Å². The van der Waals surface area contributed by atoms with Crippen LogP contribution in [0.4, 0.5) is 0 Å². The number of hydrogen-bond donors (Lipinski definition) is 1. The Hall–Kier alpha value is -1.93. The molecule has 4 unspecified atom stereocenters. The van der Waals surface area contributed by atoms with Crippen LogP contribution in [0.15, 0.2) is 86.6 Å². The van der Waals surface area contributed by atoms with E-state index in [9.17, 15) is 14.7 Å². The number of esters is 1. The summed E-state index contributed by atoms with van der Waals surface area (Å²) in [5, 5.41) is 12.2. The predicted molar refractivity (Wildman–Crippen MR) is 130 cm³/mol. The molecule has 162 valence electrons. The Morgan fingerprint density at radius 2 is 1.66 bits per heavy atom. The number of ether oxygens (including phenoxy) is 1. The number of aliphatic hydroxyl groups is 1. The van der Waals surface area contributed by atoms with Crippen molar-refractivity contribution in [3.8, 4) is 0 Å². The van der Waals surface area contributed by atoms with Crippen molar-refractivity contribution in [3.05, 3.63) is 98.4 Å². The fourth-order valence-corrected chi connectivity index (χ4v) is 7.73. The lowest BCUT2D eigenvalue weighted by Gasteiger charge is -2.65. The zero-order chi connectivity index (χ0) is 22.7. The number of halogens is 2. The minimum absolute atomic E-state index is 0.411. The molecule has 7 heteroatoms. The van der Waals surface area contributed by atoms with Gasteiger partial charge in [-0.25, -0.2) is 0 Å². The molecule has 4 nitrogen and oxygen atoms in total. The molecule has 1 aliphatic heterocycles. The maximum Gasteiger partial charge on any atom is 0.312 e. The highest BCUT2D eigenvalue weighted by Gasteiger charge is 2.80. The number of ketones is 1. The second kappa shape index (κ2) is 7.83. The van der Waals surface area contributed by atoms with Gasteiger partial charge in [-0.15, -0.1) is 11.8 Å². The first-order valence-corrected chi connectivity index (χ1v) is 12.4. The van der Waals surface area contributed by atoms with Gasteiger partial charge in [0.25, 0.3) is 0 Å². The maximum absolute atomic E-state index is 13.9. The molecular formula is C25H18Br2O4S. The number of fused-ring (bicyclic) bond motifs is 2. The highest BCUT2D eigenvalue weighted by Crippen LogP contribution is 2.74. The van der Waals surface area contributed by atoms with E-state index in [4.69, 9.17) is 4.74 Å². The molecule has 0 aromatic heterocycles. The molecule has 5 rings (SSSR count). The summed E-state index contributed by atoms with van der Waals surface area (Å²) in [7, 11) is 1.29. The second-order valence-electron chi connectivity index (χ2n) is 7.97.